The first-order chi connectivity index (χ1) is 11.9. The first-order valence-electron chi connectivity index (χ1n) is 7.58. The number of nitriles is 1. The van der Waals surface area contributed by atoms with E-state index >= 15 is 0 Å². The van der Waals surface area contributed by atoms with Gasteiger partial charge in [0.1, 0.15) is 0 Å². The van der Waals surface area contributed by atoms with Gasteiger partial charge in [-0.2, -0.15) is 5.26 Å². The molecule has 2 aromatic carbocycles. The number of non-ortho nitro benzene ring substituents is 1. The number of benzene rings is 2. The number of hydrogen-bond acceptors (Lipinski definition) is 5. The van der Waals surface area contributed by atoms with E-state index in [-0.39, 0.29) is 11.8 Å². The minimum atomic E-state index is -0.492. The van der Waals surface area contributed by atoms with Crippen molar-refractivity contribution in [2.75, 3.05) is 0 Å². The number of carbonyl (C=O) groups is 1. The smallest absolute Gasteiger partial charge is 0.338 e. The Balaban J connectivity index is 2.23. The molecular weight excluding hydrogens is 320 g/mol. The Morgan fingerprint density at radius 2 is 1.68 bits per heavy atom. The average Bonchev–Trinajstić information content (AvgIpc) is 2.59. The molecule has 0 saturated carbocycles. The van der Waals surface area contributed by atoms with E-state index in [1.165, 1.54) is 24.3 Å². The van der Waals surface area contributed by atoms with Crippen LogP contribution in [0.4, 0.5) is 5.69 Å². The Labute approximate surface area is 145 Å². The number of ether oxygens (including phenoxy) is 1. The molecule has 2 aromatic rings. The molecule has 0 aliphatic carbocycles. The monoisotopic (exact) mass is 336 g/mol. The molecule has 0 atom stereocenters. The van der Waals surface area contributed by atoms with Crippen molar-refractivity contribution in [1.29, 1.82) is 5.26 Å². The highest BCUT2D eigenvalue weighted by molar-refractivity contribution is 5.92. The lowest BCUT2D eigenvalue weighted by atomic mass is 10.0. The highest BCUT2D eigenvalue weighted by Crippen LogP contribution is 2.21. The zero-order valence-corrected chi connectivity index (χ0v) is 13.8. The molecule has 0 heterocycles. The van der Waals surface area contributed by atoms with Crippen LogP contribution >= 0.6 is 0 Å². The topological polar surface area (TPSA) is 93.2 Å². The molecule has 6 nitrogen and oxygen atoms in total. The molecule has 25 heavy (non-hydrogen) atoms. The Morgan fingerprint density at radius 3 is 2.16 bits per heavy atom. The van der Waals surface area contributed by atoms with E-state index in [0.717, 1.165) is 5.56 Å². The predicted molar refractivity (Wildman–Crippen MR) is 93.6 cm³/mol. The van der Waals surface area contributed by atoms with Crippen LogP contribution in [-0.2, 0) is 4.74 Å². The van der Waals surface area contributed by atoms with Gasteiger partial charge in [0.05, 0.1) is 28.2 Å². The van der Waals surface area contributed by atoms with Crippen LogP contribution in [0.5, 0.6) is 0 Å². The van der Waals surface area contributed by atoms with Gasteiger partial charge < -0.3 is 4.74 Å². The van der Waals surface area contributed by atoms with Crippen molar-refractivity contribution in [3.05, 3.63) is 75.3 Å². The Bertz CT molecular complexity index is 844. The molecule has 0 aliphatic rings. The van der Waals surface area contributed by atoms with Crippen molar-refractivity contribution in [1.82, 2.24) is 0 Å². The van der Waals surface area contributed by atoms with E-state index < -0.39 is 10.9 Å². The quantitative estimate of drug-likeness (QED) is 0.268. The minimum Gasteiger partial charge on any atom is -0.459 e. The van der Waals surface area contributed by atoms with Gasteiger partial charge in [-0.25, -0.2) is 4.79 Å². The van der Waals surface area contributed by atoms with E-state index in [9.17, 15) is 20.2 Å². The molecule has 6 heteroatoms. The molecule has 0 N–H and O–H groups in total. The number of nitro benzene ring substituents is 1. The molecule has 0 spiro atoms. The fourth-order valence-electron chi connectivity index (χ4n) is 2.11. The number of nitrogens with zero attached hydrogens (tertiary/aromatic N) is 2. The number of allylic oxidation sites excluding steroid dienone is 1. The molecule has 0 radical (unpaired) electrons. The molecule has 0 aromatic heterocycles. The lowest BCUT2D eigenvalue weighted by molar-refractivity contribution is -0.384. The summed E-state index contributed by atoms with van der Waals surface area (Å²) in [6.45, 7) is 3.55. The lowest BCUT2D eigenvalue weighted by Gasteiger charge is -2.07. The normalized spacial score (nSPS) is 11.0. The maximum Gasteiger partial charge on any atom is 0.338 e. The second-order valence-corrected chi connectivity index (χ2v) is 5.55. The Morgan fingerprint density at radius 1 is 1.12 bits per heavy atom. The molecule has 2 rings (SSSR count). The van der Waals surface area contributed by atoms with Crippen molar-refractivity contribution in [3.8, 4) is 6.07 Å². The second kappa shape index (κ2) is 7.88. The highest BCUT2D eigenvalue weighted by atomic mass is 16.6. The van der Waals surface area contributed by atoms with Crippen LogP contribution in [0.2, 0.25) is 0 Å². The summed E-state index contributed by atoms with van der Waals surface area (Å²) in [4.78, 5) is 22.0. The number of esters is 1. The van der Waals surface area contributed by atoms with Gasteiger partial charge in [-0.05, 0) is 55.3 Å². The van der Waals surface area contributed by atoms with Crippen molar-refractivity contribution >= 4 is 23.3 Å². The Kier molecular flexibility index (Phi) is 5.64. The van der Waals surface area contributed by atoms with E-state index in [1.54, 1.807) is 44.2 Å². The van der Waals surface area contributed by atoms with Crippen LogP contribution in [0.15, 0.2) is 48.5 Å². The molecule has 0 fully saturated rings. The maximum absolute atomic E-state index is 11.8. The van der Waals surface area contributed by atoms with Gasteiger partial charge in [-0.3, -0.25) is 10.1 Å². The van der Waals surface area contributed by atoms with E-state index in [0.29, 0.717) is 16.7 Å². The van der Waals surface area contributed by atoms with E-state index in [4.69, 9.17) is 4.74 Å². The molecule has 0 aliphatic heterocycles. The maximum atomic E-state index is 11.8. The number of carbonyl (C=O) groups excluding carboxylic acids is 1. The van der Waals surface area contributed by atoms with Gasteiger partial charge in [-0.15, -0.1) is 0 Å². The molecule has 126 valence electrons. The summed E-state index contributed by atoms with van der Waals surface area (Å²) < 4.78 is 5.12. The van der Waals surface area contributed by atoms with Gasteiger partial charge in [0.2, 0.25) is 0 Å². The summed E-state index contributed by atoms with van der Waals surface area (Å²) in [5.41, 5.74) is 2.08. The van der Waals surface area contributed by atoms with Crippen molar-refractivity contribution in [2.45, 2.75) is 20.0 Å². The zero-order chi connectivity index (χ0) is 18.4. The Hall–Kier alpha value is -3.46. The molecule has 0 bridgehead atoms. The SMILES string of the molecule is CC(C)OC(=O)c1ccc(/C=C(/C#N)c2ccc([N+](=O)[O-])cc2)cc1. The fourth-order valence-corrected chi connectivity index (χ4v) is 2.11. The summed E-state index contributed by atoms with van der Waals surface area (Å²) in [5, 5.41) is 20.0. The summed E-state index contributed by atoms with van der Waals surface area (Å²) >= 11 is 0. The van der Waals surface area contributed by atoms with Crippen molar-refractivity contribution in [2.24, 2.45) is 0 Å². The van der Waals surface area contributed by atoms with Gasteiger partial charge in [0.25, 0.3) is 5.69 Å². The van der Waals surface area contributed by atoms with Crippen molar-refractivity contribution in [3.63, 3.8) is 0 Å². The second-order valence-electron chi connectivity index (χ2n) is 5.55. The van der Waals surface area contributed by atoms with Gasteiger partial charge in [0.15, 0.2) is 0 Å². The lowest BCUT2D eigenvalue weighted by Crippen LogP contribution is -2.11. The van der Waals surface area contributed by atoms with Gasteiger partial charge in [0, 0.05) is 12.1 Å². The van der Waals surface area contributed by atoms with E-state index in [1.807, 2.05) is 0 Å². The third kappa shape index (κ3) is 4.75. The minimum absolute atomic E-state index is 0.0333. The largest absolute Gasteiger partial charge is 0.459 e. The van der Waals surface area contributed by atoms with Gasteiger partial charge >= 0.3 is 5.97 Å². The average molecular weight is 336 g/mol. The standard InChI is InChI=1S/C19H16N2O4/c1-13(2)25-19(22)16-5-3-14(4-6-16)11-17(12-20)15-7-9-18(10-8-15)21(23)24/h3-11,13H,1-2H3/b17-11-. The number of nitro groups is 1. The summed E-state index contributed by atoms with van der Waals surface area (Å²) in [6, 6.07) is 14.5. The predicted octanol–water partition coefficient (Wildman–Crippen LogP) is 4.22. The highest BCUT2D eigenvalue weighted by Gasteiger charge is 2.09. The van der Waals surface area contributed by atoms with Crippen LogP contribution < -0.4 is 0 Å². The fraction of sp³-hybridized carbons (Fsp3) is 0.158. The van der Waals surface area contributed by atoms with Crippen molar-refractivity contribution < 1.29 is 14.5 Å². The molecule has 0 unspecified atom stereocenters. The first kappa shape index (κ1) is 17.9. The first-order valence-corrected chi connectivity index (χ1v) is 7.58. The number of hydrogen-bond donors (Lipinski definition) is 0. The van der Waals surface area contributed by atoms with Gasteiger partial charge in [-0.1, -0.05) is 12.1 Å². The van der Waals surface area contributed by atoms with Crippen LogP contribution in [0.1, 0.15) is 35.3 Å². The summed E-state index contributed by atoms with van der Waals surface area (Å²) in [7, 11) is 0. The van der Waals surface area contributed by atoms with Crippen LogP contribution in [-0.4, -0.2) is 17.0 Å². The summed E-state index contributed by atoms with van der Waals surface area (Å²) in [6.07, 6.45) is 1.46. The van der Waals surface area contributed by atoms with Crippen LogP contribution in [0, 0.1) is 21.4 Å². The third-order valence-electron chi connectivity index (χ3n) is 3.31. The number of rotatable bonds is 5. The third-order valence-corrected chi connectivity index (χ3v) is 3.31. The molecular formula is C19H16N2O4. The summed E-state index contributed by atoms with van der Waals surface area (Å²) in [5.74, 6) is -0.401. The van der Waals surface area contributed by atoms with Crippen LogP contribution in [0.3, 0.4) is 0 Å². The van der Waals surface area contributed by atoms with E-state index in [2.05, 4.69) is 6.07 Å². The molecule has 0 saturated heterocycles. The molecule has 0 amide bonds. The van der Waals surface area contributed by atoms with Crippen LogP contribution in [0.25, 0.3) is 11.6 Å². The zero-order valence-electron chi connectivity index (χ0n) is 13.8.